The number of halogens is 3. The van der Waals surface area contributed by atoms with Gasteiger partial charge in [-0.1, -0.05) is 35.3 Å². The van der Waals surface area contributed by atoms with E-state index in [-0.39, 0.29) is 24.0 Å². The van der Waals surface area contributed by atoms with Gasteiger partial charge in [-0.25, -0.2) is 0 Å². The van der Waals surface area contributed by atoms with E-state index in [2.05, 4.69) is 21.7 Å². The van der Waals surface area contributed by atoms with Crippen molar-refractivity contribution in [1.29, 1.82) is 0 Å². The average molecular weight is 429 g/mol. The van der Waals surface area contributed by atoms with E-state index in [1.54, 1.807) is 0 Å². The van der Waals surface area contributed by atoms with Gasteiger partial charge in [-0.3, -0.25) is 0 Å². The Morgan fingerprint density at radius 1 is 1.00 bits per heavy atom. The van der Waals surface area contributed by atoms with Gasteiger partial charge >= 0.3 is 0 Å². The van der Waals surface area contributed by atoms with Gasteiger partial charge in [0.25, 0.3) is 0 Å². The first-order chi connectivity index (χ1) is 9.66. The van der Waals surface area contributed by atoms with Gasteiger partial charge in [0, 0.05) is 11.1 Å². The van der Waals surface area contributed by atoms with Crippen molar-refractivity contribution < 1.29 is 28.5 Å². The zero-order valence-corrected chi connectivity index (χ0v) is 14.8. The first kappa shape index (κ1) is 14.9. The Bertz CT molecular complexity index is 992. The van der Waals surface area contributed by atoms with Crippen molar-refractivity contribution in [3.8, 4) is 0 Å². The van der Waals surface area contributed by atoms with Crippen LogP contribution < -0.4 is 28.5 Å². The summed E-state index contributed by atoms with van der Waals surface area (Å²) in [5, 5.41) is 3.61. The Labute approximate surface area is 148 Å². The molecule has 0 radical (unpaired) electrons. The van der Waals surface area contributed by atoms with Crippen molar-refractivity contribution in [1.82, 2.24) is 4.98 Å². The van der Waals surface area contributed by atoms with Crippen LogP contribution in [-0.4, -0.2) is 4.98 Å². The summed E-state index contributed by atoms with van der Waals surface area (Å²) in [6.45, 7) is 0. The molecule has 1 N–H and O–H groups in total. The largest absolute Gasteiger partial charge is 1.00 e. The average Bonchev–Trinajstić information content (AvgIpc) is 2.84. The summed E-state index contributed by atoms with van der Waals surface area (Å²) in [4.78, 5) is 3.41. The molecule has 0 saturated heterocycles. The molecule has 0 atom stereocenters. The van der Waals surface area contributed by atoms with Crippen LogP contribution in [0.4, 0.5) is 0 Å². The number of benzene rings is 2. The van der Waals surface area contributed by atoms with Crippen LogP contribution in [0.3, 0.4) is 0 Å². The maximum Gasteiger partial charge on any atom is 0.240 e. The van der Waals surface area contributed by atoms with Crippen LogP contribution in [-0.2, 0) is 7.05 Å². The van der Waals surface area contributed by atoms with Crippen molar-refractivity contribution >= 4 is 56.0 Å². The fraction of sp³-hybridized carbons (Fsp3) is 0.0625. The zero-order chi connectivity index (χ0) is 13.9. The number of nitrogens with zero attached hydrogens (tertiary/aromatic N) is 1. The Morgan fingerprint density at radius 2 is 1.76 bits per heavy atom. The van der Waals surface area contributed by atoms with Crippen molar-refractivity contribution in [3.63, 3.8) is 0 Å². The predicted molar refractivity (Wildman–Crippen MR) is 84.5 cm³/mol. The molecule has 2 aromatic heterocycles. The number of H-pyrrole nitrogens is 1. The maximum atomic E-state index is 6.58. The minimum absolute atomic E-state index is 0. The quantitative estimate of drug-likeness (QED) is 0.324. The standard InChI is InChI=1S/C16H10Cl2N2.HI/c1-20-13-8-9(17)6-7-11(13)14(18)15-16(20)10-4-2-3-5-12(10)19-15;/h2-8H,1H3;1H. The van der Waals surface area contributed by atoms with Crippen molar-refractivity contribution in [2.45, 2.75) is 0 Å². The summed E-state index contributed by atoms with van der Waals surface area (Å²) in [5.74, 6) is 0. The molecule has 2 nitrogen and oxygen atoms in total. The van der Waals surface area contributed by atoms with E-state index in [0.717, 1.165) is 37.9 Å². The highest BCUT2D eigenvalue weighted by Gasteiger charge is 2.21. The molecule has 0 unspecified atom stereocenters. The third kappa shape index (κ3) is 2.10. The monoisotopic (exact) mass is 428 g/mol. The number of pyridine rings is 1. The Hall–Kier alpha value is -1.04. The summed E-state index contributed by atoms with van der Waals surface area (Å²) >= 11 is 12.7. The van der Waals surface area contributed by atoms with E-state index < -0.39 is 0 Å². The molecule has 2 aromatic carbocycles. The topological polar surface area (TPSA) is 19.7 Å². The van der Waals surface area contributed by atoms with Gasteiger partial charge in [0.2, 0.25) is 11.0 Å². The number of rotatable bonds is 0. The fourth-order valence-electron chi connectivity index (χ4n) is 2.86. The molecule has 0 bridgehead atoms. The predicted octanol–water partition coefficient (Wildman–Crippen LogP) is 1.61. The molecular weight excluding hydrogens is 418 g/mol. The SMILES string of the molecule is C[n+]1c2cc(Cl)ccc2c(Cl)c2[nH]c3ccccc3c21.[I-]. The molecule has 106 valence electrons. The number of aryl methyl sites for hydroxylation is 1. The van der Waals surface area contributed by atoms with Crippen LogP contribution in [0.1, 0.15) is 0 Å². The normalized spacial score (nSPS) is 11.2. The Morgan fingerprint density at radius 3 is 2.57 bits per heavy atom. The van der Waals surface area contributed by atoms with Gasteiger partial charge < -0.3 is 29.0 Å². The summed E-state index contributed by atoms with van der Waals surface area (Å²) < 4.78 is 2.14. The van der Waals surface area contributed by atoms with E-state index in [9.17, 15) is 0 Å². The van der Waals surface area contributed by atoms with Crippen LogP contribution in [0.2, 0.25) is 10.0 Å². The minimum Gasteiger partial charge on any atom is -1.00 e. The van der Waals surface area contributed by atoms with Crippen LogP contribution in [0.15, 0.2) is 42.5 Å². The van der Waals surface area contributed by atoms with E-state index in [1.807, 2.05) is 37.4 Å². The second-order valence-electron chi connectivity index (χ2n) is 4.93. The molecule has 4 rings (SSSR count). The molecule has 0 fully saturated rings. The van der Waals surface area contributed by atoms with Crippen LogP contribution in [0, 0.1) is 0 Å². The molecule has 0 aliphatic carbocycles. The van der Waals surface area contributed by atoms with Gasteiger partial charge in [0.05, 0.1) is 21.3 Å². The smallest absolute Gasteiger partial charge is 0.240 e. The highest BCUT2D eigenvalue weighted by atomic mass is 127. The van der Waals surface area contributed by atoms with E-state index >= 15 is 0 Å². The van der Waals surface area contributed by atoms with Gasteiger partial charge in [-0.05, 0) is 24.3 Å². The molecule has 0 amide bonds. The lowest BCUT2D eigenvalue weighted by Crippen LogP contribution is -3.00. The summed E-state index contributed by atoms with van der Waals surface area (Å²) in [7, 11) is 2.04. The first-order valence-electron chi connectivity index (χ1n) is 6.34. The number of nitrogens with one attached hydrogen (secondary N) is 1. The third-order valence-electron chi connectivity index (χ3n) is 3.79. The molecule has 2 heterocycles. The van der Waals surface area contributed by atoms with Crippen LogP contribution >= 0.6 is 23.2 Å². The van der Waals surface area contributed by atoms with Crippen molar-refractivity contribution in [3.05, 3.63) is 52.5 Å². The fourth-order valence-corrected chi connectivity index (χ4v) is 3.32. The van der Waals surface area contributed by atoms with Gasteiger partial charge in [-0.15, -0.1) is 0 Å². The number of hydrogen-bond donors (Lipinski definition) is 1. The number of hydrogen-bond acceptors (Lipinski definition) is 0. The highest BCUT2D eigenvalue weighted by Crippen LogP contribution is 2.33. The zero-order valence-electron chi connectivity index (χ0n) is 11.1. The van der Waals surface area contributed by atoms with Gasteiger partial charge in [0.15, 0.2) is 0 Å². The number of aromatic amines is 1. The number of aromatic nitrogens is 2. The second kappa shape index (κ2) is 5.30. The molecule has 0 spiro atoms. The first-order valence-corrected chi connectivity index (χ1v) is 7.09. The molecule has 4 aromatic rings. The lowest BCUT2D eigenvalue weighted by atomic mass is 10.1. The van der Waals surface area contributed by atoms with E-state index in [1.165, 1.54) is 0 Å². The summed E-state index contributed by atoms with van der Waals surface area (Å²) in [6, 6.07) is 14.0. The van der Waals surface area contributed by atoms with Crippen LogP contribution in [0.25, 0.3) is 32.8 Å². The molecule has 0 aliphatic rings. The third-order valence-corrected chi connectivity index (χ3v) is 4.42. The van der Waals surface area contributed by atoms with Crippen LogP contribution in [0.5, 0.6) is 0 Å². The molecule has 21 heavy (non-hydrogen) atoms. The molecular formula is C16H11Cl2IN2. The Balaban J connectivity index is 0.00000132. The highest BCUT2D eigenvalue weighted by molar-refractivity contribution is 6.40. The second-order valence-corrected chi connectivity index (χ2v) is 5.74. The minimum atomic E-state index is 0. The lowest BCUT2D eigenvalue weighted by Gasteiger charge is -2.02. The van der Waals surface area contributed by atoms with E-state index in [0.29, 0.717) is 5.02 Å². The van der Waals surface area contributed by atoms with Crippen molar-refractivity contribution in [2.24, 2.45) is 7.05 Å². The lowest BCUT2D eigenvalue weighted by molar-refractivity contribution is -0.616. The molecule has 5 heteroatoms. The Kier molecular flexibility index (Phi) is 3.76. The molecule has 0 saturated carbocycles. The van der Waals surface area contributed by atoms with E-state index in [4.69, 9.17) is 23.2 Å². The number of para-hydroxylation sites is 1. The van der Waals surface area contributed by atoms with Gasteiger partial charge in [-0.2, -0.15) is 4.57 Å². The maximum absolute atomic E-state index is 6.58. The number of fused-ring (bicyclic) bond motifs is 4. The summed E-state index contributed by atoms with van der Waals surface area (Å²) in [6.07, 6.45) is 0. The van der Waals surface area contributed by atoms with Crippen molar-refractivity contribution in [2.75, 3.05) is 0 Å². The van der Waals surface area contributed by atoms with Gasteiger partial charge in [0.1, 0.15) is 12.6 Å². The molecule has 0 aliphatic heterocycles. The summed E-state index contributed by atoms with van der Waals surface area (Å²) in [5.41, 5.74) is 4.17.